The predicted molar refractivity (Wildman–Crippen MR) is 75.5 cm³/mol. The number of ether oxygens (including phenoxy) is 1. The Morgan fingerprint density at radius 2 is 1.44 bits per heavy atom. The van der Waals surface area contributed by atoms with Gasteiger partial charge in [-0.05, 0) is 24.3 Å². The molecular weight excluding hydrogens is 246 g/mol. The van der Waals surface area contributed by atoms with E-state index in [1.165, 1.54) is 0 Å². The highest BCUT2D eigenvalue weighted by Gasteiger charge is 2.09. The van der Waals surface area contributed by atoms with Crippen molar-refractivity contribution in [3.8, 4) is 5.75 Å². The molecule has 0 aliphatic heterocycles. The minimum atomic E-state index is 0.477. The van der Waals surface area contributed by atoms with Crippen molar-refractivity contribution in [3.05, 3.63) is 48.5 Å². The van der Waals surface area contributed by atoms with E-state index in [9.17, 15) is 0 Å². The number of nitrogens with zero attached hydrogens (tertiary/aromatic N) is 1. The van der Waals surface area contributed by atoms with E-state index in [2.05, 4.69) is 4.98 Å². The molecule has 90 valence electrons. The summed E-state index contributed by atoms with van der Waals surface area (Å²) in [6.45, 7) is 0.500. The summed E-state index contributed by atoms with van der Waals surface area (Å²) in [4.78, 5) is 4.63. The number of pyridine rings is 1. The first-order valence-electron chi connectivity index (χ1n) is 5.86. The van der Waals surface area contributed by atoms with Gasteiger partial charge in [0.25, 0.3) is 0 Å². The molecule has 0 aliphatic rings. The summed E-state index contributed by atoms with van der Waals surface area (Å²) in [5, 5.41) is 2.06. The summed E-state index contributed by atoms with van der Waals surface area (Å²) in [5.41, 5.74) is 1.89. The lowest BCUT2D eigenvalue weighted by Crippen LogP contribution is -2.00. The van der Waals surface area contributed by atoms with Crippen molar-refractivity contribution < 1.29 is 4.74 Å². The second-order valence-electron chi connectivity index (χ2n) is 4.01. The van der Waals surface area contributed by atoms with E-state index in [-0.39, 0.29) is 0 Å². The Morgan fingerprint density at radius 3 is 2.00 bits per heavy atom. The largest absolute Gasteiger partial charge is 0.491 e. The van der Waals surface area contributed by atoms with Gasteiger partial charge in [-0.1, -0.05) is 24.3 Å². The second-order valence-corrected chi connectivity index (χ2v) is 4.39. The number of fused-ring (bicyclic) bond motifs is 2. The number of hydrogen-bond donors (Lipinski definition) is 0. The van der Waals surface area contributed by atoms with Crippen LogP contribution < -0.4 is 4.74 Å². The first-order valence-corrected chi connectivity index (χ1v) is 6.40. The summed E-state index contributed by atoms with van der Waals surface area (Å²) in [7, 11) is 0. The van der Waals surface area contributed by atoms with Crippen molar-refractivity contribution in [3.63, 3.8) is 0 Å². The minimum absolute atomic E-state index is 0.477. The van der Waals surface area contributed by atoms with E-state index < -0.39 is 0 Å². The second kappa shape index (κ2) is 4.83. The van der Waals surface area contributed by atoms with Crippen LogP contribution >= 0.6 is 11.6 Å². The topological polar surface area (TPSA) is 22.1 Å². The summed E-state index contributed by atoms with van der Waals surface area (Å²) in [5.74, 6) is 1.35. The van der Waals surface area contributed by atoms with Crippen LogP contribution in [0.2, 0.25) is 0 Å². The smallest absolute Gasteiger partial charge is 0.138 e. The van der Waals surface area contributed by atoms with E-state index in [4.69, 9.17) is 16.3 Å². The van der Waals surface area contributed by atoms with Gasteiger partial charge >= 0.3 is 0 Å². The molecule has 3 rings (SSSR count). The van der Waals surface area contributed by atoms with Crippen LogP contribution in [-0.2, 0) is 0 Å². The molecule has 1 aromatic heterocycles. The van der Waals surface area contributed by atoms with Crippen LogP contribution in [-0.4, -0.2) is 17.5 Å². The van der Waals surface area contributed by atoms with Gasteiger partial charge in [0, 0.05) is 10.8 Å². The van der Waals surface area contributed by atoms with Crippen LogP contribution in [0.4, 0.5) is 0 Å². The Hall–Kier alpha value is -1.80. The molecule has 3 heteroatoms. The molecule has 0 bridgehead atoms. The average molecular weight is 258 g/mol. The molecule has 1 heterocycles. The SMILES string of the molecule is ClCCOc1c2ccccc2nc2ccccc12. The van der Waals surface area contributed by atoms with Crippen molar-refractivity contribution >= 4 is 33.4 Å². The first-order chi connectivity index (χ1) is 8.90. The lowest BCUT2D eigenvalue weighted by molar-refractivity contribution is 0.351. The zero-order valence-corrected chi connectivity index (χ0v) is 10.5. The number of halogens is 1. The summed E-state index contributed by atoms with van der Waals surface area (Å²) in [6, 6.07) is 16.0. The van der Waals surface area contributed by atoms with Gasteiger partial charge in [-0.15, -0.1) is 11.6 Å². The van der Waals surface area contributed by atoms with Crippen molar-refractivity contribution in [2.24, 2.45) is 0 Å². The molecule has 0 spiro atoms. The zero-order valence-electron chi connectivity index (χ0n) is 9.77. The number of aromatic nitrogens is 1. The Labute approximate surface area is 110 Å². The molecule has 0 radical (unpaired) electrons. The highest BCUT2D eigenvalue weighted by atomic mass is 35.5. The van der Waals surface area contributed by atoms with Gasteiger partial charge in [0.05, 0.1) is 16.9 Å². The molecule has 0 saturated carbocycles. The summed E-state index contributed by atoms with van der Waals surface area (Å²) < 4.78 is 5.81. The van der Waals surface area contributed by atoms with E-state index in [1.54, 1.807) is 0 Å². The highest BCUT2D eigenvalue weighted by molar-refractivity contribution is 6.18. The fraction of sp³-hybridized carbons (Fsp3) is 0.133. The maximum atomic E-state index is 5.81. The molecule has 2 nitrogen and oxygen atoms in total. The van der Waals surface area contributed by atoms with Gasteiger partial charge in [0.1, 0.15) is 12.4 Å². The standard InChI is InChI=1S/C15H12ClNO/c16-9-10-18-15-11-5-1-3-7-13(11)17-14-8-4-2-6-12(14)15/h1-8H,9-10H2. The number of hydrogen-bond acceptors (Lipinski definition) is 2. The lowest BCUT2D eigenvalue weighted by atomic mass is 10.1. The zero-order chi connectivity index (χ0) is 12.4. The van der Waals surface area contributed by atoms with Gasteiger partial charge in [-0.25, -0.2) is 4.98 Å². The van der Waals surface area contributed by atoms with Crippen LogP contribution in [0.15, 0.2) is 48.5 Å². The average Bonchev–Trinajstić information content (AvgIpc) is 2.43. The third-order valence-electron chi connectivity index (χ3n) is 2.86. The summed E-state index contributed by atoms with van der Waals surface area (Å²) in [6.07, 6.45) is 0. The lowest BCUT2D eigenvalue weighted by Gasteiger charge is -2.11. The third-order valence-corrected chi connectivity index (χ3v) is 3.02. The van der Waals surface area contributed by atoms with E-state index in [0.717, 1.165) is 27.6 Å². The van der Waals surface area contributed by atoms with Crippen LogP contribution in [0.5, 0.6) is 5.75 Å². The predicted octanol–water partition coefficient (Wildman–Crippen LogP) is 4.01. The fourth-order valence-electron chi connectivity index (χ4n) is 2.10. The molecule has 0 N–H and O–H groups in total. The van der Waals surface area contributed by atoms with Crippen molar-refractivity contribution in [2.45, 2.75) is 0 Å². The van der Waals surface area contributed by atoms with Crippen molar-refractivity contribution in [2.75, 3.05) is 12.5 Å². The third kappa shape index (κ3) is 1.89. The first kappa shape index (κ1) is 11.3. The number of alkyl halides is 1. The Bertz CT molecular complexity index is 642. The van der Waals surface area contributed by atoms with Gasteiger partial charge in [0.15, 0.2) is 0 Å². The monoisotopic (exact) mass is 257 g/mol. The molecule has 2 aromatic carbocycles. The molecule has 18 heavy (non-hydrogen) atoms. The highest BCUT2D eigenvalue weighted by Crippen LogP contribution is 2.32. The molecule has 0 atom stereocenters. The molecular formula is C15H12ClNO. The quantitative estimate of drug-likeness (QED) is 0.523. The van der Waals surface area contributed by atoms with Crippen molar-refractivity contribution in [1.29, 1.82) is 0 Å². The Kier molecular flexibility index (Phi) is 3.03. The van der Waals surface area contributed by atoms with E-state index in [0.29, 0.717) is 12.5 Å². The van der Waals surface area contributed by atoms with E-state index in [1.807, 2.05) is 48.5 Å². The Balaban J connectivity index is 2.34. The van der Waals surface area contributed by atoms with Gasteiger partial charge in [-0.2, -0.15) is 0 Å². The number of rotatable bonds is 3. The van der Waals surface area contributed by atoms with Crippen molar-refractivity contribution in [1.82, 2.24) is 4.98 Å². The van der Waals surface area contributed by atoms with Gasteiger partial charge in [-0.3, -0.25) is 0 Å². The van der Waals surface area contributed by atoms with Crippen LogP contribution in [0.3, 0.4) is 0 Å². The molecule has 0 fully saturated rings. The minimum Gasteiger partial charge on any atom is -0.491 e. The molecule has 3 aromatic rings. The van der Waals surface area contributed by atoms with E-state index >= 15 is 0 Å². The number of benzene rings is 2. The van der Waals surface area contributed by atoms with Crippen LogP contribution in [0, 0.1) is 0 Å². The van der Waals surface area contributed by atoms with Crippen LogP contribution in [0.1, 0.15) is 0 Å². The summed E-state index contributed by atoms with van der Waals surface area (Å²) >= 11 is 5.71. The molecule has 0 amide bonds. The van der Waals surface area contributed by atoms with Gasteiger partial charge < -0.3 is 4.74 Å². The normalized spacial score (nSPS) is 10.9. The molecule has 0 unspecified atom stereocenters. The van der Waals surface area contributed by atoms with Gasteiger partial charge in [0.2, 0.25) is 0 Å². The maximum absolute atomic E-state index is 5.81. The molecule has 0 saturated heterocycles. The maximum Gasteiger partial charge on any atom is 0.138 e. The fourth-order valence-corrected chi connectivity index (χ4v) is 2.17. The van der Waals surface area contributed by atoms with Crippen LogP contribution in [0.25, 0.3) is 21.8 Å². The molecule has 0 aliphatic carbocycles. The Morgan fingerprint density at radius 1 is 0.889 bits per heavy atom. The number of para-hydroxylation sites is 2.